The number of nitrogens with two attached hydrogens (primary N) is 1. The molecule has 1 aliphatic rings. The predicted molar refractivity (Wildman–Crippen MR) is 74.1 cm³/mol. The molecule has 6 nitrogen and oxygen atoms in total. The Balaban J connectivity index is 2.16. The van der Waals surface area contributed by atoms with E-state index in [-0.39, 0.29) is 18.0 Å². The molecular formula is C11H15BrN2O4S. The molecular weight excluding hydrogens is 336 g/mol. The van der Waals surface area contributed by atoms with E-state index in [1.165, 1.54) is 6.07 Å². The van der Waals surface area contributed by atoms with Gasteiger partial charge in [-0.1, -0.05) is 0 Å². The van der Waals surface area contributed by atoms with Gasteiger partial charge in [-0.2, -0.15) is 0 Å². The molecule has 0 aliphatic carbocycles. The van der Waals surface area contributed by atoms with Gasteiger partial charge in [0, 0.05) is 29.7 Å². The molecule has 0 saturated carbocycles. The largest absolute Gasteiger partial charge is 0.399 e. The van der Waals surface area contributed by atoms with Gasteiger partial charge in [0.05, 0.1) is 11.5 Å². The minimum absolute atomic E-state index is 0.0509. The van der Waals surface area contributed by atoms with Crippen LogP contribution >= 0.6 is 15.9 Å². The second kappa shape index (κ2) is 5.37. The van der Waals surface area contributed by atoms with E-state index in [1.54, 1.807) is 12.1 Å². The average molecular weight is 351 g/mol. The van der Waals surface area contributed by atoms with Gasteiger partial charge in [0.2, 0.25) is 10.0 Å². The van der Waals surface area contributed by atoms with E-state index < -0.39 is 15.6 Å². The lowest BCUT2D eigenvalue weighted by molar-refractivity contribution is 0.0314. The van der Waals surface area contributed by atoms with Crippen molar-refractivity contribution >= 4 is 31.6 Å². The van der Waals surface area contributed by atoms with Crippen molar-refractivity contribution in [1.29, 1.82) is 0 Å². The first-order valence-corrected chi connectivity index (χ1v) is 7.95. The van der Waals surface area contributed by atoms with Crippen LogP contribution in [0.2, 0.25) is 0 Å². The van der Waals surface area contributed by atoms with Gasteiger partial charge in [-0.05, 0) is 34.1 Å². The number of anilines is 1. The van der Waals surface area contributed by atoms with Gasteiger partial charge in [0.15, 0.2) is 0 Å². The summed E-state index contributed by atoms with van der Waals surface area (Å²) < 4.78 is 32.2. The number of ether oxygens (including phenoxy) is 1. The third kappa shape index (κ3) is 3.46. The zero-order valence-corrected chi connectivity index (χ0v) is 12.5. The third-order valence-corrected chi connectivity index (χ3v) is 5.31. The van der Waals surface area contributed by atoms with E-state index in [2.05, 4.69) is 20.7 Å². The number of benzene rings is 1. The molecule has 19 heavy (non-hydrogen) atoms. The van der Waals surface area contributed by atoms with Crippen LogP contribution in [0.1, 0.15) is 6.42 Å². The van der Waals surface area contributed by atoms with Gasteiger partial charge in [-0.15, -0.1) is 0 Å². The van der Waals surface area contributed by atoms with Crippen molar-refractivity contribution in [3.63, 3.8) is 0 Å². The minimum atomic E-state index is -3.73. The zero-order valence-electron chi connectivity index (χ0n) is 10.1. The number of halogens is 1. The van der Waals surface area contributed by atoms with Crippen LogP contribution in [0.3, 0.4) is 0 Å². The highest BCUT2D eigenvalue weighted by molar-refractivity contribution is 9.10. The van der Waals surface area contributed by atoms with E-state index in [9.17, 15) is 13.5 Å². The molecule has 1 aromatic carbocycles. The second-order valence-electron chi connectivity index (χ2n) is 4.54. The maximum absolute atomic E-state index is 12.2. The maximum Gasteiger partial charge on any atom is 0.241 e. The van der Waals surface area contributed by atoms with E-state index in [1.807, 2.05) is 0 Å². The van der Waals surface area contributed by atoms with E-state index in [4.69, 9.17) is 10.5 Å². The fourth-order valence-electron chi connectivity index (χ4n) is 1.77. The molecule has 1 aromatic rings. The summed E-state index contributed by atoms with van der Waals surface area (Å²) in [5.41, 5.74) is 4.80. The molecule has 1 saturated heterocycles. The Morgan fingerprint density at radius 2 is 2.26 bits per heavy atom. The number of aliphatic hydroxyl groups is 1. The lowest BCUT2D eigenvalue weighted by Crippen LogP contribution is -2.43. The van der Waals surface area contributed by atoms with Crippen molar-refractivity contribution in [2.45, 2.75) is 16.9 Å². The van der Waals surface area contributed by atoms with Crippen LogP contribution in [0.5, 0.6) is 0 Å². The average Bonchev–Trinajstić information content (AvgIpc) is 2.78. The van der Waals surface area contributed by atoms with Crippen molar-refractivity contribution in [2.75, 3.05) is 25.5 Å². The molecule has 0 amide bonds. The SMILES string of the molecule is Nc1ccc(Br)c(S(=O)(=O)NCC2(O)CCOC2)c1. The van der Waals surface area contributed by atoms with E-state index >= 15 is 0 Å². The Bertz CT molecular complexity index is 570. The highest BCUT2D eigenvalue weighted by atomic mass is 79.9. The molecule has 1 unspecified atom stereocenters. The normalized spacial score (nSPS) is 23.7. The quantitative estimate of drug-likeness (QED) is 0.684. The van der Waals surface area contributed by atoms with Crippen molar-refractivity contribution in [3.8, 4) is 0 Å². The van der Waals surface area contributed by atoms with E-state index in [0.29, 0.717) is 23.2 Å². The minimum Gasteiger partial charge on any atom is -0.399 e. The maximum atomic E-state index is 12.2. The van der Waals surface area contributed by atoms with Crippen LogP contribution < -0.4 is 10.5 Å². The molecule has 106 valence electrons. The van der Waals surface area contributed by atoms with Crippen LogP contribution in [0, 0.1) is 0 Å². The number of nitrogen functional groups attached to an aromatic ring is 1. The summed E-state index contributed by atoms with van der Waals surface area (Å²) in [7, 11) is -3.73. The smallest absolute Gasteiger partial charge is 0.241 e. The summed E-state index contributed by atoms with van der Waals surface area (Å²) in [5, 5.41) is 10.0. The van der Waals surface area contributed by atoms with Gasteiger partial charge in [0.1, 0.15) is 5.60 Å². The molecule has 0 spiro atoms. The van der Waals surface area contributed by atoms with Gasteiger partial charge in [0.25, 0.3) is 0 Å². The highest BCUT2D eigenvalue weighted by Crippen LogP contribution is 2.25. The lowest BCUT2D eigenvalue weighted by atomic mass is 10.1. The van der Waals surface area contributed by atoms with Crippen LogP contribution in [-0.4, -0.2) is 38.9 Å². The van der Waals surface area contributed by atoms with Gasteiger partial charge in [-0.25, -0.2) is 13.1 Å². The first-order chi connectivity index (χ1) is 8.82. The fraction of sp³-hybridized carbons (Fsp3) is 0.455. The van der Waals surface area contributed by atoms with Crippen molar-refractivity contribution < 1.29 is 18.3 Å². The first kappa shape index (κ1) is 14.7. The molecule has 0 bridgehead atoms. The van der Waals surface area contributed by atoms with Crippen molar-refractivity contribution in [2.24, 2.45) is 0 Å². The Morgan fingerprint density at radius 3 is 2.89 bits per heavy atom. The molecule has 4 N–H and O–H groups in total. The molecule has 1 atom stereocenters. The van der Waals surface area contributed by atoms with Crippen LogP contribution in [0.4, 0.5) is 5.69 Å². The Hall–Kier alpha value is -0.670. The fourth-order valence-corrected chi connectivity index (χ4v) is 3.88. The molecule has 0 radical (unpaired) electrons. The number of hydrogen-bond donors (Lipinski definition) is 3. The molecule has 1 fully saturated rings. The summed E-state index contributed by atoms with van der Waals surface area (Å²) in [6.45, 7) is 0.477. The molecule has 1 heterocycles. The number of nitrogens with one attached hydrogen (secondary N) is 1. The molecule has 2 rings (SSSR count). The summed E-state index contributed by atoms with van der Waals surface area (Å²) in [6, 6.07) is 4.53. The topological polar surface area (TPSA) is 102 Å². The van der Waals surface area contributed by atoms with Crippen molar-refractivity contribution in [1.82, 2.24) is 4.72 Å². The van der Waals surface area contributed by atoms with Gasteiger partial charge < -0.3 is 15.6 Å². The van der Waals surface area contributed by atoms with Gasteiger partial charge >= 0.3 is 0 Å². The van der Waals surface area contributed by atoms with Crippen LogP contribution in [0.25, 0.3) is 0 Å². The molecule has 0 aromatic heterocycles. The first-order valence-electron chi connectivity index (χ1n) is 5.67. The Morgan fingerprint density at radius 1 is 1.53 bits per heavy atom. The summed E-state index contributed by atoms with van der Waals surface area (Å²) in [5.74, 6) is 0. The zero-order chi connectivity index (χ0) is 14.1. The van der Waals surface area contributed by atoms with E-state index in [0.717, 1.165) is 0 Å². The monoisotopic (exact) mass is 350 g/mol. The standard InChI is InChI=1S/C11H15BrN2O4S/c12-9-2-1-8(13)5-10(9)19(16,17)14-6-11(15)3-4-18-7-11/h1-2,5,14-15H,3-4,6-7,13H2. The van der Waals surface area contributed by atoms with Crippen LogP contribution in [-0.2, 0) is 14.8 Å². The van der Waals surface area contributed by atoms with Crippen molar-refractivity contribution in [3.05, 3.63) is 22.7 Å². The predicted octanol–water partition coefficient (Wildman–Crippen LogP) is 0.461. The Kier molecular flexibility index (Phi) is 4.17. The summed E-state index contributed by atoms with van der Waals surface area (Å²) in [4.78, 5) is 0.0509. The highest BCUT2D eigenvalue weighted by Gasteiger charge is 2.34. The lowest BCUT2D eigenvalue weighted by Gasteiger charge is -2.20. The molecule has 8 heteroatoms. The second-order valence-corrected chi connectivity index (χ2v) is 7.13. The molecule has 1 aliphatic heterocycles. The number of rotatable bonds is 4. The number of hydrogen-bond acceptors (Lipinski definition) is 5. The van der Waals surface area contributed by atoms with Gasteiger partial charge in [-0.3, -0.25) is 0 Å². The summed E-state index contributed by atoms with van der Waals surface area (Å²) in [6.07, 6.45) is 0.410. The Labute approximate surface area is 120 Å². The third-order valence-electron chi connectivity index (χ3n) is 2.92. The number of sulfonamides is 1. The summed E-state index contributed by atoms with van der Waals surface area (Å²) >= 11 is 3.17. The van der Waals surface area contributed by atoms with Crippen LogP contribution in [0.15, 0.2) is 27.6 Å².